The molecule has 0 N–H and O–H groups in total. The molecule has 245 valence electrons. The quantitative estimate of drug-likeness (QED) is 0.167. The van der Waals surface area contributed by atoms with Gasteiger partial charge in [-0.2, -0.15) is 0 Å². The number of aromatic nitrogens is 4. The molecule has 5 aromatic heterocycles. The van der Waals surface area contributed by atoms with Gasteiger partial charge in [-0.1, -0.05) is 103 Å². The van der Waals surface area contributed by atoms with Crippen molar-refractivity contribution >= 4 is 43.9 Å². The molecule has 8 aromatic rings. The maximum atomic E-state index is 12.8. The molecule has 0 atom stereocenters. The molecule has 1 aliphatic rings. The molecule has 4 nitrogen and oxygen atoms in total. The number of hydrogen-bond acceptors (Lipinski definition) is 2. The predicted octanol–water partition coefficient (Wildman–Crippen LogP) is 10.6. The fourth-order valence-electron chi connectivity index (χ4n) is 7.59. The second kappa shape index (κ2) is 12.4. The summed E-state index contributed by atoms with van der Waals surface area (Å²) in [5.41, 5.74) is 11.7. The van der Waals surface area contributed by atoms with E-state index in [0.717, 1.165) is 22.8 Å². The van der Waals surface area contributed by atoms with Crippen LogP contribution in [0.1, 0.15) is 68.7 Å². The van der Waals surface area contributed by atoms with Gasteiger partial charge in [0, 0.05) is 71.2 Å². The Morgan fingerprint density at radius 1 is 0.938 bits per heavy atom. The average molecular weight is 811 g/mol. The molecular formula is C42H39FIrN4-2. The van der Waals surface area contributed by atoms with E-state index in [1.54, 1.807) is 6.07 Å². The van der Waals surface area contributed by atoms with E-state index in [0.29, 0.717) is 0 Å². The molecule has 3 aromatic carbocycles. The summed E-state index contributed by atoms with van der Waals surface area (Å²) in [5, 5.41) is 5.36. The van der Waals surface area contributed by atoms with Gasteiger partial charge in [-0.05, 0) is 52.1 Å². The van der Waals surface area contributed by atoms with Gasteiger partial charge >= 0.3 is 0 Å². The molecule has 0 amide bonds. The van der Waals surface area contributed by atoms with E-state index in [2.05, 4.69) is 103 Å². The zero-order valence-corrected chi connectivity index (χ0v) is 30.5. The summed E-state index contributed by atoms with van der Waals surface area (Å²) in [6, 6.07) is 24.9. The van der Waals surface area contributed by atoms with Gasteiger partial charge < -0.3 is 13.8 Å². The summed E-state index contributed by atoms with van der Waals surface area (Å²) >= 11 is 0. The van der Waals surface area contributed by atoms with Crippen molar-refractivity contribution in [3.05, 3.63) is 119 Å². The molecule has 0 spiro atoms. The first-order valence-corrected chi connectivity index (χ1v) is 16.8. The van der Waals surface area contributed by atoms with Crippen LogP contribution in [0.25, 0.3) is 55.1 Å². The van der Waals surface area contributed by atoms with E-state index >= 15 is 0 Å². The Morgan fingerprint density at radius 3 is 2.44 bits per heavy atom. The molecule has 0 saturated heterocycles. The van der Waals surface area contributed by atoms with Crippen LogP contribution >= 0.6 is 0 Å². The molecule has 1 aliphatic carbocycles. The van der Waals surface area contributed by atoms with E-state index in [9.17, 15) is 4.39 Å². The summed E-state index contributed by atoms with van der Waals surface area (Å²) in [6.45, 7) is 10.8. The standard InChI is InChI=1S/C27H24N3.C15H15FN.Ir/c1-16-15-29-26-24-19(11-12-28-26)14-20(13-18-7-3-4-8-18)23-21-9-5-6-10-22(21)30(25(23)24)27(29)17(16)2;1-15(2,3)12-6-9-14(17-10-12)11-4-7-13(16)8-5-11;/h5-6,9-12,14,18H,3-4,7-8,13H2,1-2H3;4,6-10H,1-3H3;/q2*-1;. The Bertz CT molecular complexity index is 2390. The molecule has 9 rings (SSSR count). The third-order valence-corrected chi connectivity index (χ3v) is 10.2. The van der Waals surface area contributed by atoms with Crippen LogP contribution in [-0.4, -0.2) is 18.8 Å². The Balaban J connectivity index is 0.000000174. The van der Waals surface area contributed by atoms with Crippen molar-refractivity contribution < 1.29 is 24.5 Å². The van der Waals surface area contributed by atoms with Crippen molar-refractivity contribution in [1.29, 1.82) is 0 Å². The van der Waals surface area contributed by atoms with E-state index < -0.39 is 0 Å². The predicted molar refractivity (Wildman–Crippen MR) is 191 cm³/mol. The largest absolute Gasteiger partial charge is 0.414 e. The molecule has 0 unspecified atom stereocenters. The second-order valence-corrected chi connectivity index (χ2v) is 14.3. The molecule has 1 fully saturated rings. The smallest absolute Gasteiger partial charge is 0.0651 e. The molecule has 0 bridgehead atoms. The Kier molecular flexibility index (Phi) is 8.38. The number of pyridine rings is 2. The van der Waals surface area contributed by atoms with Crippen LogP contribution in [0, 0.1) is 37.8 Å². The molecule has 1 saturated carbocycles. The summed E-state index contributed by atoms with van der Waals surface area (Å²) in [5.74, 6) is 0.540. The maximum absolute atomic E-state index is 12.8. The van der Waals surface area contributed by atoms with Crippen LogP contribution in [0.4, 0.5) is 4.39 Å². The van der Waals surface area contributed by atoms with Crippen LogP contribution in [0.15, 0.2) is 79.1 Å². The fraction of sp³-hybridized carbons (Fsp3) is 0.286. The monoisotopic (exact) mass is 811 g/mol. The zero-order chi connectivity index (χ0) is 32.4. The summed E-state index contributed by atoms with van der Waals surface area (Å²) in [4.78, 5) is 9.23. The van der Waals surface area contributed by atoms with Gasteiger partial charge in [0.25, 0.3) is 0 Å². The van der Waals surface area contributed by atoms with Crippen molar-refractivity contribution in [3.63, 3.8) is 0 Å². The number of benzene rings is 3. The topological polar surface area (TPSA) is 34.6 Å². The van der Waals surface area contributed by atoms with Crippen molar-refractivity contribution in [1.82, 2.24) is 18.8 Å². The number of rotatable bonds is 3. The van der Waals surface area contributed by atoms with Gasteiger partial charge in [-0.3, -0.25) is 9.37 Å². The zero-order valence-electron chi connectivity index (χ0n) is 28.1. The van der Waals surface area contributed by atoms with E-state index in [4.69, 9.17) is 4.98 Å². The number of fused-ring (bicyclic) bond motifs is 6. The van der Waals surface area contributed by atoms with Crippen LogP contribution in [-0.2, 0) is 31.9 Å². The third-order valence-electron chi connectivity index (χ3n) is 10.2. The SMILES string of the molecule is CC(C)(C)c1ccc(-c2[c-]cc(F)cc2)nc1.Cc1[c-]n2c3nccc4cc(CC5CCCC5)c5c6ccccc6n(c5c43)c2c1C.[Ir]. The molecule has 1 radical (unpaired) electrons. The Morgan fingerprint density at radius 2 is 1.73 bits per heavy atom. The minimum atomic E-state index is -0.278. The van der Waals surface area contributed by atoms with Gasteiger partial charge in [0.15, 0.2) is 0 Å². The first-order chi connectivity index (χ1) is 22.7. The van der Waals surface area contributed by atoms with Gasteiger partial charge in [-0.15, -0.1) is 41.0 Å². The number of aryl methyl sites for hydroxylation is 2. The fourth-order valence-corrected chi connectivity index (χ4v) is 7.59. The van der Waals surface area contributed by atoms with Crippen molar-refractivity contribution in [2.45, 2.75) is 72.1 Å². The molecule has 5 heterocycles. The summed E-state index contributed by atoms with van der Waals surface area (Å²) < 4.78 is 17.4. The minimum absolute atomic E-state index is 0. The Labute approximate surface area is 294 Å². The minimum Gasteiger partial charge on any atom is -0.414 e. The number of hydrogen-bond donors (Lipinski definition) is 0. The molecular weight excluding hydrogens is 772 g/mol. The van der Waals surface area contributed by atoms with Crippen LogP contribution in [0.2, 0.25) is 0 Å². The Hall–Kier alpha value is -4.12. The first-order valence-electron chi connectivity index (χ1n) is 16.8. The van der Waals surface area contributed by atoms with E-state index in [1.807, 2.05) is 18.5 Å². The van der Waals surface area contributed by atoms with E-state index in [-0.39, 0.29) is 31.3 Å². The average Bonchev–Trinajstić information content (AvgIpc) is 3.78. The van der Waals surface area contributed by atoms with Crippen LogP contribution < -0.4 is 0 Å². The number of para-hydroxylation sites is 1. The number of nitrogens with zero attached hydrogens (tertiary/aromatic N) is 4. The second-order valence-electron chi connectivity index (χ2n) is 14.3. The van der Waals surface area contributed by atoms with Gasteiger partial charge in [0.2, 0.25) is 0 Å². The number of halogens is 1. The van der Waals surface area contributed by atoms with Crippen molar-refractivity contribution in [2.75, 3.05) is 0 Å². The van der Waals surface area contributed by atoms with E-state index in [1.165, 1.54) is 105 Å². The van der Waals surface area contributed by atoms with Gasteiger partial charge in [0.05, 0.1) is 5.65 Å². The van der Waals surface area contributed by atoms with Crippen molar-refractivity contribution in [3.8, 4) is 11.3 Å². The molecule has 48 heavy (non-hydrogen) atoms. The van der Waals surface area contributed by atoms with Crippen LogP contribution in [0.5, 0.6) is 0 Å². The molecule has 0 aliphatic heterocycles. The third kappa shape index (κ3) is 5.40. The van der Waals surface area contributed by atoms with Crippen molar-refractivity contribution in [2.24, 2.45) is 5.92 Å². The summed E-state index contributed by atoms with van der Waals surface area (Å²) in [7, 11) is 0. The van der Waals surface area contributed by atoms with Gasteiger partial charge in [0.1, 0.15) is 0 Å². The van der Waals surface area contributed by atoms with Crippen LogP contribution in [0.3, 0.4) is 0 Å². The maximum Gasteiger partial charge on any atom is 0.0651 e. The summed E-state index contributed by atoms with van der Waals surface area (Å²) in [6.07, 6.45) is 14.1. The van der Waals surface area contributed by atoms with Gasteiger partial charge in [-0.25, -0.2) is 0 Å². The normalized spacial score (nSPS) is 14.0. The molecule has 6 heteroatoms. The first kappa shape index (κ1) is 32.4.